The first-order valence-electron chi connectivity index (χ1n) is 7.43. The van der Waals surface area contributed by atoms with Gasteiger partial charge >= 0.3 is 0 Å². The van der Waals surface area contributed by atoms with Crippen molar-refractivity contribution in [3.05, 3.63) is 58.1 Å². The van der Waals surface area contributed by atoms with Gasteiger partial charge in [-0.15, -0.1) is 11.8 Å². The molecule has 0 saturated carbocycles. The van der Waals surface area contributed by atoms with Crippen LogP contribution in [0.25, 0.3) is 0 Å². The molecule has 2 aromatic carbocycles. The summed E-state index contributed by atoms with van der Waals surface area (Å²) in [6.45, 7) is 0. The Balaban J connectivity index is 1.95. The Morgan fingerprint density at radius 1 is 1.17 bits per heavy atom. The largest absolute Gasteiger partial charge is 0.325 e. The first-order chi connectivity index (χ1) is 11.6. The summed E-state index contributed by atoms with van der Waals surface area (Å²) in [5, 5.41) is 12.5. The molecule has 0 aliphatic heterocycles. The van der Waals surface area contributed by atoms with E-state index in [2.05, 4.69) is 11.4 Å². The van der Waals surface area contributed by atoms with Crippen molar-refractivity contribution >= 4 is 46.6 Å². The van der Waals surface area contributed by atoms with Crippen LogP contribution >= 0.6 is 35.0 Å². The minimum absolute atomic E-state index is 0.0839. The number of aryl methyl sites for hydroxylation is 1. The topological polar surface area (TPSA) is 52.9 Å². The van der Waals surface area contributed by atoms with Gasteiger partial charge in [0.2, 0.25) is 5.91 Å². The number of anilines is 1. The van der Waals surface area contributed by atoms with Gasteiger partial charge in [-0.2, -0.15) is 5.26 Å². The second-order valence-electron chi connectivity index (χ2n) is 5.01. The molecule has 0 atom stereocenters. The monoisotopic (exact) mass is 378 g/mol. The highest BCUT2D eigenvalue weighted by Gasteiger charge is 2.10. The van der Waals surface area contributed by atoms with E-state index in [1.54, 1.807) is 17.8 Å². The van der Waals surface area contributed by atoms with Crippen LogP contribution in [0, 0.1) is 11.3 Å². The molecule has 0 unspecified atom stereocenters. The molecule has 124 valence electrons. The third kappa shape index (κ3) is 5.45. The molecule has 6 heteroatoms. The maximum Gasteiger partial charge on any atom is 0.224 e. The molecule has 3 nitrogen and oxygen atoms in total. The lowest BCUT2D eigenvalue weighted by Crippen LogP contribution is -2.13. The van der Waals surface area contributed by atoms with Crippen molar-refractivity contribution in [3.8, 4) is 6.07 Å². The predicted octanol–water partition coefficient (Wildman–Crippen LogP) is 5.57. The van der Waals surface area contributed by atoms with Gasteiger partial charge in [0.1, 0.15) is 0 Å². The number of nitriles is 1. The Morgan fingerprint density at radius 3 is 2.75 bits per heavy atom. The van der Waals surface area contributed by atoms with Gasteiger partial charge in [-0.3, -0.25) is 4.79 Å². The number of nitrogens with one attached hydrogen (secondary N) is 1. The van der Waals surface area contributed by atoms with Gasteiger partial charge in [-0.1, -0.05) is 47.5 Å². The second-order valence-corrected chi connectivity index (χ2v) is 6.94. The number of halogens is 2. The standard InChI is InChI=1S/C18H16Cl2N2OS/c19-14-6-3-5-13(18(14)20)9-10-17(23)22-15-7-1-2-8-16(15)24-12-4-11-21/h1-3,5-8H,4,9-10,12H2,(H,22,23). The van der Waals surface area contributed by atoms with E-state index in [1.165, 1.54) is 0 Å². The molecular weight excluding hydrogens is 363 g/mol. The quantitative estimate of drug-likeness (QED) is 0.505. The summed E-state index contributed by atoms with van der Waals surface area (Å²) in [7, 11) is 0. The van der Waals surface area contributed by atoms with Crippen LogP contribution < -0.4 is 5.32 Å². The third-order valence-corrected chi connectivity index (χ3v) is 5.22. The van der Waals surface area contributed by atoms with Crippen LogP contribution in [0.2, 0.25) is 10.0 Å². The smallest absolute Gasteiger partial charge is 0.224 e. The summed E-state index contributed by atoms with van der Waals surface area (Å²) in [4.78, 5) is 13.2. The Bertz CT molecular complexity index is 759. The van der Waals surface area contributed by atoms with Gasteiger partial charge < -0.3 is 5.32 Å². The van der Waals surface area contributed by atoms with E-state index in [9.17, 15) is 4.79 Å². The number of hydrogen-bond acceptors (Lipinski definition) is 3. The van der Waals surface area contributed by atoms with Gasteiger partial charge in [-0.05, 0) is 30.2 Å². The molecule has 0 aromatic heterocycles. The van der Waals surface area contributed by atoms with Crippen LogP contribution in [0.5, 0.6) is 0 Å². The van der Waals surface area contributed by atoms with Gasteiger partial charge in [0, 0.05) is 23.5 Å². The summed E-state index contributed by atoms with van der Waals surface area (Å²) in [5.74, 6) is 0.612. The average Bonchev–Trinajstić information content (AvgIpc) is 2.58. The number of thioether (sulfide) groups is 1. The van der Waals surface area contributed by atoms with E-state index < -0.39 is 0 Å². The van der Waals surface area contributed by atoms with Crippen LogP contribution in [0.1, 0.15) is 18.4 Å². The zero-order valence-electron chi connectivity index (χ0n) is 12.9. The zero-order chi connectivity index (χ0) is 17.4. The van der Waals surface area contributed by atoms with Crippen molar-refractivity contribution in [2.24, 2.45) is 0 Å². The van der Waals surface area contributed by atoms with Gasteiger partial charge in [0.15, 0.2) is 0 Å². The molecule has 2 aromatic rings. The molecule has 2 rings (SSSR count). The number of hydrogen-bond donors (Lipinski definition) is 1. The molecule has 0 radical (unpaired) electrons. The number of carbonyl (C=O) groups is 1. The zero-order valence-corrected chi connectivity index (χ0v) is 15.2. The van der Waals surface area contributed by atoms with E-state index in [-0.39, 0.29) is 5.91 Å². The van der Waals surface area contributed by atoms with Crippen LogP contribution in [0.15, 0.2) is 47.4 Å². The summed E-state index contributed by atoms with van der Waals surface area (Å²) >= 11 is 13.7. The van der Waals surface area contributed by atoms with Crippen molar-refractivity contribution in [1.82, 2.24) is 0 Å². The molecule has 0 aliphatic rings. The van der Waals surface area contributed by atoms with Gasteiger partial charge in [0.05, 0.1) is 21.8 Å². The molecule has 0 aliphatic carbocycles. The second kappa shape index (κ2) is 9.58. The Kier molecular flexibility index (Phi) is 7.45. The number of nitrogens with zero attached hydrogens (tertiary/aromatic N) is 1. The molecule has 0 fully saturated rings. The van der Waals surface area contributed by atoms with E-state index in [0.29, 0.717) is 35.1 Å². The fourth-order valence-corrected chi connectivity index (χ4v) is 3.38. The lowest BCUT2D eigenvalue weighted by atomic mass is 10.1. The molecule has 0 spiro atoms. The lowest BCUT2D eigenvalue weighted by molar-refractivity contribution is -0.116. The fourth-order valence-electron chi connectivity index (χ4n) is 2.10. The highest BCUT2D eigenvalue weighted by Crippen LogP contribution is 2.28. The van der Waals surface area contributed by atoms with Crippen LogP contribution in [0.3, 0.4) is 0 Å². The minimum Gasteiger partial charge on any atom is -0.325 e. The highest BCUT2D eigenvalue weighted by molar-refractivity contribution is 7.99. The first kappa shape index (κ1) is 18.7. The van der Waals surface area contributed by atoms with E-state index >= 15 is 0 Å². The highest BCUT2D eigenvalue weighted by atomic mass is 35.5. The molecule has 24 heavy (non-hydrogen) atoms. The van der Waals surface area contributed by atoms with E-state index in [4.69, 9.17) is 28.5 Å². The number of para-hydroxylation sites is 1. The molecule has 1 N–H and O–H groups in total. The number of carbonyl (C=O) groups excluding carboxylic acids is 1. The normalized spacial score (nSPS) is 10.2. The third-order valence-electron chi connectivity index (χ3n) is 3.29. The Morgan fingerprint density at radius 2 is 1.96 bits per heavy atom. The molecule has 0 heterocycles. The average molecular weight is 379 g/mol. The fraction of sp³-hybridized carbons (Fsp3) is 0.222. The predicted molar refractivity (Wildman–Crippen MR) is 101 cm³/mol. The summed E-state index contributed by atoms with van der Waals surface area (Å²) < 4.78 is 0. The van der Waals surface area contributed by atoms with Crippen LogP contribution in [-0.4, -0.2) is 11.7 Å². The van der Waals surface area contributed by atoms with Gasteiger partial charge in [0.25, 0.3) is 0 Å². The van der Waals surface area contributed by atoms with Crippen molar-refractivity contribution in [2.75, 3.05) is 11.1 Å². The van der Waals surface area contributed by atoms with Crippen molar-refractivity contribution in [1.29, 1.82) is 5.26 Å². The summed E-state index contributed by atoms with van der Waals surface area (Å²) in [6.07, 6.45) is 1.31. The lowest BCUT2D eigenvalue weighted by Gasteiger charge is -2.11. The summed E-state index contributed by atoms with van der Waals surface area (Å²) in [6, 6.07) is 15.1. The maximum absolute atomic E-state index is 12.2. The molecule has 0 saturated heterocycles. The van der Waals surface area contributed by atoms with E-state index in [1.807, 2.05) is 36.4 Å². The van der Waals surface area contributed by atoms with Crippen LogP contribution in [-0.2, 0) is 11.2 Å². The maximum atomic E-state index is 12.2. The van der Waals surface area contributed by atoms with Crippen molar-refractivity contribution in [3.63, 3.8) is 0 Å². The number of benzene rings is 2. The van der Waals surface area contributed by atoms with Crippen molar-refractivity contribution < 1.29 is 4.79 Å². The Hall–Kier alpha value is -1.67. The van der Waals surface area contributed by atoms with Crippen molar-refractivity contribution in [2.45, 2.75) is 24.2 Å². The van der Waals surface area contributed by atoms with Crippen LogP contribution in [0.4, 0.5) is 5.69 Å². The SMILES string of the molecule is N#CCCSc1ccccc1NC(=O)CCc1cccc(Cl)c1Cl. The van der Waals surface area contributed by atoms with E-state index in [0.717, 1.165) is 16.1 Å². The molecular formula is C18H16Cl2N2OS. The number of amides is 1. The first-order valence-corrected chi connectivity index (χ1v) is 9.17. The number of rotatable bonds is 7. The Labute approximate surface area is 156 Å². The summed E-state index contributed by atoms with van der Waals surface area (Å²) in [5.41, 5.74) is 1.62. The minimum atomic E-state index is -0.0839. The molecule has 0 bridgehead atoms. The van der Waals surface area contributed by atoms with Gasteiger partial charge in [-0.25, -0.2) is 0 Å². The molecule has 1 amide bonds.